The Morgan fingerprint density at radius 2 is 2.00 bits per heavy atom. The molecule has 6 heteroatoms. The second kappa shape index (κ2) is 6.45. The van der Waals surface area contributed by atoms with E-state index in [9.17, 15) is 4.79 Å². The molecule has 0 aromatic rings. The van der Waals surface area contributed by atoms with Crippen molar-refractivity contribution in [3.63, 3.8) is 0 Å². The molecular weight excluding hydrogens is 244 g/mol. The Hall–Kier alpha value is -1.72. The fraction of sp³-hybridized carbons (Fsp3) is 0.692. The van der Waals surface area contributed by atoms with E-state index in [1.807, 2.05) is 20.8 Å². The van der Waals surface area contributed by atoms with Crippen molar-refractivity contribution in [2.45, 2.75) is 45.3 Å². The predicted molar refractivity (Wildman–Crippen MR) is 75.0 cm³/mol. The maximum absolute atomic E-state index is 11.8. The van der Waals surface area contributed by atoms with E-state index in [0.717, 1.165) is 12.8 Å². The molecule has 0 aliphatic carbocycles. The molecule has 0 radical (unpaired) electrons. The number of hydrogen-bond donors (Lipinski definition) is 3. The van der Waals surface area contributed by atoms with E-state index in [-0.39, 0.29) is 11.9 Å². The van der Waals surface area contributed by atoms with Crippen LogP contribution in [0, 0.1) is 5.41 Å². The van der Waals surface area contributed by atoms with Gasteiger partial charge in [0, 0.05) is 25.3 Å². The first-order chi connectivity index (χ1) is 8.78. The van der Waals surface area contributed by atoms with Crippen molar-refractivity contribution in [2.75, 3.05) is 13.1 Å². The largest absolute Gasteiger partial charge is 0.444 e. The van der Waals surface area contributed by atoms with Crippen LogP contribution in [0.4, 0.5) is 4.79 Å². The van der Waals surface area contributed by atoms with Crippen LogP contribution in [0.15, 0.2) is 12.3 Å². The molecule has 1 saturated heterocycles. The molecule has 0 spiro atoms. The first-order valence-electron chi connectivity index (χ1n) is 6.52. The maximum Gasteiger partial charge on any atom is 0.410 e. The molecule has 0 aromatic heterocycles. The molecule has 0 atom stereocenters. The van der Waals surface area contributed by atoms with Crippen LogP contribution in [-0.4, -0.2) is 41.6 Å². The Balaban J connectivity index is 2.32. The van der Waals surface area contributed by atoms with E-state index in [1.54, 1.807) is 11.1 Å². The van der Waals surface area contributed by atoms with Crippen molar-refractivity contribution < 1.29 is 9.53 Å². The summed E-state index contributed by atoms with van der Waals surface area (Å²) in [4.78, 5) is 13.6. The molecule has 19 heavy (non-hydrogen) atoms. The van der Waals surface area contributed by atoms with Gasteiger partial charge in [-0.2, -0.15) is 0 Å². The number of amidine groups is 1. The lowest BCUT2D eigenvalue weighted by Gasteiger charge is -2.33. The van der Waals surface area contributed by atoms with Crippen LogP contribution >= 0.6 is 0 Å². The lowest BCUT2D eigenvalue weighted by atomic mass is 10.1. The number of nitrogens with two attached hydrogens (primary N) is 1. The van der Waals surface area contributed by atoms with Gasteiger partial charge in [0.1, 0.15) is 11.4 Å². The van der Waals surface area contributed by atoms with Gasteiger partial charge < -0.3 is 20.7 Å². The van der Waals surface area contributed by atoms with Gasteiger partial charge in [0.05, 0.1) is 0 Å². The van der Waals surface area contributed by atoms with Gasteiger partial charge in [-0.3, -0.25) is 5.41 Å². The van der Waals surface area contributed by atoms with Crippen LogP contribution in [0.3, 0.4) is 0 Å². The Bertz CT molecular complexity index is 352. The van der Waals surface area contributed by atoms with Crippen LogP contribution in [0.2, 0.25) is 0 Å². The van der Waals surface area contributed by atoms with Crippen molar-refractivity contribution >= 4 is 11.9 Å². The summed E-state index contributed by atoms with van der Waals surface area (Å²) in [5, 5.41) is 10.2. The highest BCUT2D eigenvalue weighted by Gasteiger charge is 2.26. The van der Waals surface area contributed by atoms with Gasteiger partial charge >= 0.3 is 6.09 Å². The summed E-state index contributed by atoms with van der Waals surface area (Å²) in [6.45, 7) is 6.96. The summed E-state index contributed by atoms with van der Waals surface area (Å²) in [6.07, 6.45) is 4.68. The molecule has 1 heterocycles. The van der Waals surface area contributed by atoms with Crippen molar-refractivity contribution in [1.29, 1.82) is 5.41 Å². The number of nitrogens with zero attached hydrogens (tertiary/aromatic N) is 1. The lowest BCUT2D eigenvalue weighted by Crippen LogP contribution is -2.45. The third-order valence-electron chi connectivity index (χ3n) is 2.74. The number of ether oxygens (including phenoxy) is 1. The maximum atomic E-state index is 11.8. The quantitative estimate of drug-likeness (QED) is 0.533. The second-order valence-electron chi connectivity index (χ2n) is 5.70. The summed E-state index contributed by atoms with van der Waals surface area (Å²) < 4.78 is 5.33. The molecule has 1 fully saturated rings. The predicted octanol–water partition coefficient (Wildman–Crippen LogP) is 1.43. The molecule has 0 bridgehead atoms. The SMILES string of the molecule is CC(C)(C)OC(=O)N1CCC(N/C=C\C(=N)N)CC1. The molecule has 1 aliphatic rings. The standard InChI is InChI=1S/C13H24N4O2/c1-13(2,3)19-12(18)17-8-5-10(6-9-17)16-7-4-11(14)15/h4,7,10,16H,5-6,8-9H2,1-3H3,(H3,14,15)/b7-4-. The Morgan fingerprint density at radius 3 is 2.47 bits per heavy atom. The normalized spacial score (nSPS) is 17.5. The zero-order valence-corrected chi connectivity index (χ0v) is 11.9. The number of amides is 1. The first-order valence-corrected chi connectivity index (χ1v) is 6.52. The molecular formula is C13H24N4O2. The van der Waals surface area contributed by atoms with Crippen molar-refractivity contribution in [2.24, 2.45) is 5.73 Å². The fourth-order valence-corrected chi connectivity index (χ4v) is 1.83. The van der Waals surface area contributed by atoms with Crippen LogP contribution in [0.5, 0.6) is 0 Å². The molecule has 6 nitrogen and oxygen atoms in total. The zero-order chi connectivity index (χ0) is 14.5. The average Bonchev–Trinajstić information content (AvgIpc) is 2.27. The van der Waals surface area contributed by atoms with Gasteiger partial charge in [0.25, 0.3) is 0 Å². The number of carbonyl (C=O) groups is 1. The Morgan fingerprint density at radius 1 is 1.42 bits per heavy atom. The molecule has 1 rings (SSSR count). The molecule has 0 aromatic carbocycles. The van der Waals surface area contributed by atoms with Gasteiger partial charge in [-0.25, -0.2) is 4.79 Å². The Labute approximate surface area is 114 Å². The van der Waals surface area contributed by atoms with E-state index < -0.39 is 5.60 Å². The second-order valence-corrected chi connectivity index (χ2v) is 5.70. The summed E-state index contributed by atoms with van der Waals surface area (Å²) in [6, 6.07) is 0.314. The third kappa shape index (κ3) is 6.13. The minimum Gasteiger partial charge on any atom is -0.444 e. The molecule has 0 unspecified atom stereocenters. The van der Waals surface area contributed by atoms with Gasteiger partial charge in [0.15, 0.2) is 0 Å². The van der Waals surface area contributed by atoms with E-state index in [2.05, 4.69) is 5.32 Å². The number of likely N-dealkylation sites (tertiary alicyclic amines) is 1. The fourth-order valence-electron chi connectivity index (χ4n) is 1.83. The number of carbonyl (C=O) groups excluding carboxylic acids is 1. The van der Waals surface area contributed by atoms with E-state index >= 15 is 0 Å². The molecule has 4 N–H and O–H groups in total. The van der Waals surface area contributed by atoms with E-state index in [4.69, 9.17) is 15.9 Å². The number of rotatable bonds is 3. The number of nitrogens with one attached hydrogen (secondary N) is 2. The minimum absolute atomic E-state index is 0.0266. The smallest absolute Gasteiger partial charge is 0.410 e. The van der Waals surface area contributed by atoms with E-state index in [1.165, 1.54) is 6.08 Å². The van der Waals surface area contributed by atoms with E-state index in [0.29, 0.717) is 19.1 Å². The van der Waals surface area contributed by atoms with Crippen molar-refractivity contribution in [1.82, 2.24) is 10.2 Å². The van der Waals surface area contributed by atoms with Gasteiger partial charge in [-0.1, -0.05) is 0 Å². The van der Waals surface area contributed by atoms with Gasteiger partial charge in [-0.05, 0) is 39.7 Å². The summed E-state index contributed by atoms with van der Waals surface area (Å²) >= 11 is 0. The van der Waals surface area contributed by atoms with Crippen molar-refractivity contribution in [3.8, 4) is 0 Å². The molecule has 0 saturated carbocycles. The van der Waals surface area contributed by atoms with Crippen LogP contribution in [0.1, 0.15) is 33.6 Å². The lowest BCUT2D eigenvalue weighted by molar-refractivity contribution is 0.0201. The van der Waals surface area contributed by atoms with Crippen LogP contribution in [0.25, 0.3) is 0 Å². The molecule has 108 valence electrons. The number of piperidine rings is 1. The van der Waals surface area contributed by atoms with Crippen molar-refractivity contribution in [3.05, 3.63) is 12.3 Å². The summed E-state index contributed by atoms with van der Waals surface area (Å²) in [5.74, 6) is 0.0266. The third-order valence-corrected chi connectivity index (χ3v) is 2.74. The first kappa shape index (κ1) is 15.3. The monoisotopic (exact) mass is 268 g/mol. The molecule has 1 amide bonds. The van der Waals surface area contributed by atoms with Crippen LogP contribution in [-0.2, 0) is 4.74 Å². The summed E-state index contributed by atoms with van der Waals surface area (Å²) in [5.41, 5.74) is 4.77. The highest BCUT2D eigenvalue weighted by atomic mass is 16.6. The van der Waals surface area contributed by atoms with Gasteiger partial charge in [0.2, 0.25) is 0 Å². The summed E-state index contributed by atoms with van der Waals surface area (Å²) in [7, 11) is 0. The zero-order valence-electron chi connectivity index (χ0n) is 11.9. The topological polar surface area (TPSA) is 91.4 Å². The molecule has 1 aliphatic heterocycles. The highest BCUT2D eigenvalue weighted by Crippen LogP contribution is 2.15. The van der Waals surface area contributed by atoms with Gasteiger partial charge in [-0.15, -0.1) is 0 Å². The highest BCUT2D eigenvalue weighted by molar-refractivity contribution is 5.88. The minimum atomic E-state index is -0.448. The van der Waals surface area contributed by atoms with Crippen LogP contribution < -0.4 is 11.1 Å². The number of hydrogen-bond acceptors (Lipinski definition) is 4. The average molecular weight is 268 g/mol. The Kier molecular flexibility index (Phi) is 5.20.